The van der Waals surface area contributed by atoms with Gasteiger partial charge in [-0.05, 0) is 37.4 Å². The molecule has 1 N–H and O–H groups in total. The highest BCUT2D eigenvalue weighted by molar-refractivity contribution is 7.18. The van der Waals surface area contributed by atoms with Crippen LogP contribution < -0.4 is 4.90 Å². The van der Waals surface area contributed by atoms with E-state index in [0.717, 1.165) is 41.7 Å². The lowest BCUT2D eigenvalue weighted by Gasteiger charge is -2.36. The molecule has 6 heteroatoms. The summed E-state index contributed by atoms with van der Waals surface area (Å²) in [4.78, 5) is 12.9. The lowest BCUT2D eigenvalue weighted by atomic mass is 9.91. The molecular formula is C14H18ClN3OS. The summed E-state index contributed by atoms with van der Waals surface area (Å²) in [5.74, 6) is 0.829. The van der Waals surface area contributed by atoms with Crippen molar-refractivity contribution in [3.63, 3.8) is 0 Å². The van der Waals surface area contributed by atoms with E-state index in [4.69, 9.17) is 11.6 Å². The number of aliphatic hydroxyl groups is 1. The molecule has 0 aromatic carbocycles. The molecule has 0 bridgehead atoms. The molecule has 1 saturated carbocycles. The van der Waals surface area contributed by atoms with Crippen molar-refractivity contribution in [3.05, 3.63) is 16.2 Å². The van der Waals surface area contributed by atoms with Crippen LogP contribution in [-0.4, -0.2) is 34.3 Å². The van der Waals surface area contributed by atoms with Crippen molar-refractivity contribution in [2.45, 2.75) is 44.8 Å². The second-order valence-electron chi connectivity index (χ2n) is 5.42. The Morgan fingerprint density at radius 1 is 1.35 bits per heavy atom. The predicted octanol–water partition coefficient (Wildman–Crippen LogP) is 3.39. The molecule has 0 amide bonds. The van der Waals surface area contributed by atoms with Crippen molar-refractivity contribution in [2.24, 2.45) is 0 Å². The zero-order valence-corrected chi connectivity index (χ0v) is 13.2. The maximum Gasteiger partial charge on any atom is 0.225 e. The molecule has 3 rings (SSSR count). The summed E-state index contributed by atoms with van der Waals surface area (Å²) in [6.07, 6.45) is 3.81. The molecule has 2 aromatic rings. The minimum Gasteiger partial charge on any atom is -0.391 e. The molecule has 1 aliphatic rings. The highest BCUT2D eigenvalue weighted by Gasteiger charge is 2.28. The van der Waals surface area contributed by atoms with Crippen LogP contribution in [0.4, 0.5) is 5.82 Å². The first-order valence-electron chi connectivity index (χ1n) is 6.91. The van der Waals surface area contributed by atoms with E-state index in [0.29, 0.717) is 0 Å². The molecular weight excluding hydrogens is 294 g/mol. The van der Waals surface area contributed by atoms with Gasteiger partial charge in [-0.2, -0.15) is 4.98 Å². The van der Waals surface area contributed by atoms with Gasteiger partial charge in [0.25, 0.3) is 0 Å². The van der Waals surface area contributed by atoms with Crippen LogP contribution in [-0.2, 0) is 0 Å². The number of likely N-dealkylation sites (N-methyl/N-ethyl adjacent to an activating group) is 1. The van der Waals surface area contributed by atoms with E-state index in [-0.39, 0.29) is 17.4 Å². The first-order chi connectivity index (χ1) is 9.56. The summed E-state index contributed by atoms with van der Waals surface area (Å²) in [6.45, 7) is 2.06. The van der Waals surface area contributed by atoms with E-state index in [1.54, 1.807) is 11.3 Å². The molecule has 108 valence electrons. The van der Waals surface area contributed by atoms with Crippen LogP contribution in [0.15, 0.2) is 6.07 Å². The first kappa shape index (κ1) is 14.0. The van der Waals surface area contributed by atoms with Crippen molar-refractivity contribution >= 4 is 39.0 Å². The topological polar surface area (TPSA) is 49.2 Å². The largest absolute Gasteiger partial charge is 0.391 e. The Morgan fingerprint density at radius 3 is 2.85 bits per heavy atom. The Kier molecular flexibility index (Phi) is 3.84. The minimum atomic E-state index is -0.294. The third kappa shape index (κ3) is 2.50. The molecule has 1 aliphatic carbocycles. The lowest BCUT2D eigenvalue weighted by molar-refractivity contribution is 0.106. The van der Waals surface area contributed by atoms with Gasteiger partial charge in [-0.3, -0.25) is 0 Å². The summed E-state index contributed by atoms with van der Waals surface area (Å²) < 4.78 is 0. The van der Waals surface area contributed by atoms with E-state index >= 15 is 0 Å². The molecule has 20 heavy (non-hydrogen) atoms. The van der Waals surface area contributed by atoms with Crippen molar-refractivity contribution in [2.75, 3.05) is 11.9 Å². The van der Waals surface area contributed by atoms with Crippen molar-refractivity contribution < 1.29 is 5.11 Å². The number of hydrogen-bond donors (Lipinski definition) is 1. The number of halogens is 1. The summed E-state index contributed by atoms with van der Waals surface area (Å²) in [7, 11) is 1.99. The Hall–Kier alpha value is -0.910. The minimum absolute atomic E-state index is 0.109. The number of fused-ring (bicyclic) bond motifs is 1. The number of aliphatic hydroxyl groups excluding tert-OH is 1. The molecule has 0 spiro atoms. The van der Waals surface area contributed by atoms with E-state index < -0.39 is 0 Å². The van der Waals surface area contributed by atoms with E-state index in [1.165, 1.54) is 4.88 Å². The number of rotatable bonds is 2. The van der Waals surface area contributed by atoms with Crippen LogP contribution in [0.3, 0.4) is 0 Å². The van der Waals surface area contributed by atoms with Gasteiger partial charge in [-0.15, -0.1) is 11.3 Å². The molecule has 0 saturated heterocycles. The number of aromatic nitrogens is 2. The molecule has 2 heterocycles. The van der Waals surface area contributed by atoms with Crippen LogP contribution in [0.25, 0.3) is 10.2 Å². The molecule has 2 unspecified atom stereocenters. The quantitative estimate of drug-likeness (QED) is 0.864. The molecule has 0 aliphatic heterocycles. The van der Waals surface area contributed by atoms with E-state index in [2.05, 4.69) is 27.9 Å². The normalized spacial score (nSPS) is 23.2. The zero-order chi connectivity index (χ0) is 14.3. The summed E-state index contributed by atoms with van der Waals surface area (Å²) in [5.41, 5.74) is 0. The smallest absolute Gasteiger partial charge is 0.225 e. The second-order valence-corrected chi connectivity index (χ2v) is 7.00. The summed E-state index contributed by atoms with van der Waals surface area (Å²) >= 11 is 7.67. The average Bonchev–Trinajstić information content (AvgIpc) is 2.77. The van der Waals surface area contributed by atoms with Crippen LogP contribution in [0.1, 0.15) is 30.6 Å². The Balaban J connectivity index is 2.03. The first-order valence-corrected chi connectivity index (χ1v) is 8.10. The fourth-order valence-electron chi connectivity index (χ4n) is 2.97. The van der Waals surface area contributed by atoms with Gasteiger partial charge >= 0.3 is 0 Å². The fourth-order valence-corrected chi connectivity index (χ4v) is 4.06. The van der Waals surface area contributed by atoms with E-state index in [1.807, 2.05) is 7.05 Å². The van der Waals surface area contributed by atoms with Crippen LogP contribution >= 0.6 is 22.9 Å². The van der Waals surface area contributed by atoms with Crippen molar-refractivity contribution in [1.82, 2.24) is 9.97 Å². The summed E-state index contributed by atoms with van der Waals surface area (Å²) in [5, 5.41) is 11.5. The van der Waals surface area contributed by atoms with Crippen LogP contribution in [0, 0.1) is 6.92 Å². The number of hydrogen-bond acceptors (Lipinski definition) is 5. The predicted molar refractivity (Wildman–Crippen MR) is 83.8 cm³/mol. The molecule has 4 nitrogen and oxygen atoms in total. The summed E-state index contributed by atoms with van der Waals surface area (Å²) in [6, 6.07) is 2.20. The van der Waals surface area contributed by atoms with Crippen molar-refractivity contribution in [1.29, 1.82) is 0 Å². The molecule has 2 atom stereocenters. The fraction of sp³-hybridized carbons (Fsp3) is 0.571. The number of nitrogens with zero attached hydrogens (tertiary/aromatic N) is 3. The Bertz CT molecular complexity index is 630. The van der Waals surface area contributed by atoms with Crippen molar-refractivity contribution in [3.8, 4) is 0 Å². The van der Waals surface area contributed by atoms with Crippen LogP contribution in [0.2, 0.25) is 5.28 Å². The van der Waals surface area contributed by atoms with Gasteiger partial charge in [-0.25, -0.2) is 4.98 Å². The molecule has 0 radical (unpaired) electrons. The maximum atomic E-state index is 10.2. The highest BCUT2D eigenvalue weighted by Crippen LogP contribution is 2.34. The Morgan fingerprint density at radius 2 is 2.10 bits per heavy atom. The molecule has 1 fully saturated rings. The maximum absolute atomic E-state index is 10.2. The monoisotopic (exact) mass is 311 g/mol. The van der Waals surface area contributed by atoms with Gasteiger partial charge in [0.1, 0.15) is 10.6 Å². The molecule has 2 aromatic heterocycles. The van der Waals surface area contributed by atoms with Gasteiger partial charge in [0, 0.05) is 11.9 Å². The number of anilines is 1. The van der Waals surface area contributed by atoms with Gasteiger partial charge in [0.15, 0.2) is 0 Å². The SMILES string of the molecule is Cc1cc2c(N(C)C3CCCCC3O)nc(Cl)nc2s1. The van der Waals surface area contributed by atoms with Crippen LogP contribution in [0.5, 0.6) is 0 Å². The van der Waals surface area contributed by atoms with Gasteiger partial charge < -0.3 is 10.0 Å². The number of aryl methyl sites for hydroxylation is 1. The number of thiophene rings is 1. The van der Waals surface area contributed by atoms with Gasteiger partial charge in [-0.1, -0.05) is 12.8 Å². The average molecular weight is 312 g/mol. The zero-order valence-electron chi connectivity index (χ0n) is 11.6. The third-order valence-corrected chi connectivity index (χ3v) is 5.11. The standard InChI is InChI=1S/C14H18ClN3OS/c1-8-7-9-12(16-14(15)17-13(9)20-8)18(2)10-5-3-4-6-11(10)19/h7,10-11,19H,3-6H2,1-2H3. The van der Waals surface area contributed by atoms with E-state index in [9.17, 15) is 5.11 Å². The highest BCUT2D eigenvalue weighted by atomic mass is 35.5. The second kappa shape index (κ2) is 5.47. The third-order valence-electron chi connectivity index (χ3n) is 3.99. The lowest BCUT2D eigenvalue weighted by Crippen LogP contribution is -2.43. The van der Waals surface area contributed by atoms with Gasteiger partial charge in [0.2, 0.25) is 5.28 Å². The Labute approximate surface area is 127 Å². The van der Waals surface area contributed by atoms with Gasteiger partial charge in [0.05, 0.1) is 17.5 Å².